The molecule has 0 radical (unpaired) electrons. The minimum Gasteiger partial charge on any atom is -0.437 e. The van der Waals surface area contributed by atoms with Crippen LogP contribution < -0.4 is 0 Å². The summed E-state index contributed by atoms with van der Waals surface area (Å²) in [5, 5.41) is 0. The Labute approximate surface area is 99.2 Å². The highest BCUT2D eigenvalue weighted by atomic mass is 16.3. The van der Waals surface area contributed by atoms with Gasteiger partial charge in [-0.2, -0.15) is 0 Å². The number of aromatic nitrogens is 1. The summed E-state index contributed by atoms with van der Waals surface area (Å²) in [6, 6.07) is 16.2. The minimum atomic E-state index is 0.560. The highest BCUT2D eigenvalue weighted by molar-refractivity contribution is 5.81. The first-order chi connectivity index (χ1) is 8.36. The Morgan fingerprint density at radius 1 is 1.00 bits per heavy atom. The van der Waals surface area contributed by atoms with E-state index in [0.29, 0.717) is 5.89 Å². The summed E-state index contributed by atoms with van der Waals surface area (Å²) < 4.78 is 5.48. The van der Waals surface area contributed by atoms with Gasteiger partial charge in [0.25, 0.3) is 0 Å². The molecule has 0 bridgehead atoms. The van der Waals surface area contributed by atoms with Gasteiger partial charge in [-0.15, -0.1) is 0 Å². The van der Waals surface area contributed by atoms with Crippen molar-refractivity contribution in [2.75, 3.05) is 0 Å². The molecule has 0 amide bonds. The third kappa shape index (κ3) is 1.74. The Bertz CT molecular complexity index is 668. The van der Waals surface area contributed by atoms with Gasteiger partial charge < -0.3 is 4.42 Å². The van der Waals surface area contributed by atoms with Crippen molar-refractivity contribution in [1.29, 1.82) is 0 Å². The van der Waals surface area contributed by atoms with E-state index in [-0.39, 0.29) is 0 Å². The summed E-state index contributed by atoms with van der Waals surface area (Å²) in [5.74, 6) is 0.560. The molecular formula is C15H11NO. The Morgan fingerprint density at radius 3 is 2.59 bits per heavy atom. The molecular weight excluding hydrogens is 210 g/mol. The summed E-state index contributed by atoms with van der Waals surface area (Å²) in [5.41, 5.74) is 3.97. The van der Waals surface area contributed by atoms with Crippen LogP contribution in [0.2, 0.25) is 0 Å². The van der Waals surface area contributed by atoms with E-state index in [0.717, 1.165) is 16.7 Å². The molecule has 0 saturated heterocycles. The van der Waals surface area contributed by atoms with Crippen LogP contribution in [-0.4, -0.2) is 4.98 Å². The van der Waals surface area contributed by atoms with Gasteiger partial charge >= 0.3 is 0 Å². The topological polar surface area (TPSA) is 26.0 Å². The standard InChI is InChI=1S/C15H11NO/c1-2-15-16-13-10-12(8-9-14(13)17-15)11-6-4-3-5-7-11/h2-10H,1H2. The fourth-order valence-corrected chi connectivity index (χ4v) is 1.84. The summed E-state index contributed by atoms with van der Waals surface area (Å²) in [4.78, 5) is 4.33. The van der Waals surface area contributed by atoms with Gasteiger partial charge in [-0.3, -0.25) is 0 Å². The zero-order valence-corrected chi connectivity index (χ0v) is 9.26. The summed E-state index contributed by atoms with van der Waals surface area (Å²) in [6.07, 6.45) is 1.61. The van der Waals surface area contributed by atoms with Gasteiger partial charge in [0.2, 0.25) is 5.89 Å². The van der Waals surface area contributed by atoms with Crippen molar-refractivity contribution in [3.8, 4) is 11.1 Å². The SMILES string of the molecule is C=Cc1nc2cc(-c3ccccc3)ccc2o1. The van der Waals surface area contributed by atoms with Crippen molar-refractivity contribution in [2.24, 2.45) is 0 Å². The van der Waals surface area contributed by atoms with Crippen molar-refractivity contribution in [1.82, 2.24) is 4.98 Å². The Morgan fingerprint density at radius 2 is 1.82 bits per heavy atom. The van der Waals surface area contributed by atoms with E-state index in [4.69, 9.17) is 4.42 Å². The van der Waals surface area contributed by atoms with Gasteiger partial charge in [0.15, 0.2) is 5.58 Å². The number of hydrogen-bond donors (Lipinski definition) is 0. The van der Waals surface area contributed by atoms with Gasteiger partial charge in [0, 0.05) is 0 Å². The maximum absolute atomic E-state index is 5.48. The van der Waals surface area contributed by atoms with E-state index in [1.807, 2.05) is 36.4 Å². The molecule has 17 heavy (non-hydrogen) atoms. The summed E-state index contributed by atoms with van der Waals surface area (Å²) >= 11 is 0. The quantitative estimate of drug-likeness (QED) is 0.650. The van der Waals surface area contributed by atoms with Crippen LogP contribution in [0.1, 0.15) is 5.89 Å². The second-order valence-electron chi connectivity index (χ2n) is 3.80. The monoisotopic (exact) mass is 221 g/mol. The van der Waals surface area contributed by atoms with Gasteiger partial charge in [-0.1, -0.05) is 43.0 Å². The van der Waals surface area contributed by atoms with E-state index >= 15 is 0 Å². The predicted molar refractivity (Wildman–Crippen MR) is 69.5 cm³/mol. The maximum atomic E-state index is 5.48. The molecule has 2 nitrogen and oxygen atoms in total. The molecule has 0 spiro atoms. The fraction of sp³-hybridized carbons (Fsp3) is 0. The number of fused-ring (bicyclic) bond motifs is 1. The van der Waals surface area contributed by atoms with Crippen LogP contribution >= 0.6 is 0 Å². The molecule has 3 aromatic rings. The van der Waals surface area contributed by atoms with Crippen LogP contribution in [0.25, 0.3) is 28.3 Å². The second-order valence-corrected chi connectivity index (χ2v) is 3.80. The first kappa shape index (κ1) is 9.85. The normalized spacial score (nSPS) is 10.6. The number of nitrogens with zero attached hydrogens (tertiary/aromatic N) is 1. The average molecular weight is 221 g/mol. The van der Waals surface area contributed by atoms with Crippen molar-refractivity contribution < 1.29 is 4.42 Å². The Hall–Kier alpha value is -2.35. The molecule has 1 heterocycles. The lowest BCUT2D eigenvalue weighted by molar-refractivity contribution is 0.589. The minimum absolute atomic E-state index is 0.560. The van der Waals surface area contributed by atoms with Crippen LogP contribution in [-0.2, 0) is 0 Å². The molecule has 82 valence electrons. The van der Waals surface area contributed by atoms with Crippen LogP contribution in [0, 0.1) is 0 Å². The van der Waals surface area contributed by atoms with Crippen LogP contribution in [0.15, 0.2) is 59.5 Å². The van der Waals surface area contributed by atoms with E-state index < -0.39 is 0 Å². The number of rotatable bonds is 2. The molecule has 0 fully saturated rings. The van der Waals surface area contributed by atoms with Crippen LogP contribution in [0.4, 0.5) is 0 Å². The molecule has 0 aliphatic carbocycles. The van der Waals surface area contributed by atoms with Gasteiger partial charge in [-0.25, -0.2) is 4.98 Å². The number of oxazole rings is 1. The van der Waals surface area contributed by atoms with Crippen LogP contribution in [0.3, 0.4) is 0 Å². The van der Waals surface area contributed by atoms with Crippen molar-refractivity contribution >= 4 is 17.2 Å². The molecule has 2 heteroatoms. The molecule has 0 unspecified atom stereocenters. The Balaban J connectivity index is 2.16. The third-order valence-corrected chi connectivity index (χ3v) is 2.69. The molecule has 3 rings (SSSR count). The highest BCUT2D eigenvalue weighted by Crippen LogP contribution is 2.24. The maximum Gasteiger partial charge on any atom is 0.219 e. The second kappa shape index (κ2) is 3.91. The zero-order valence-electron chi connectivity index (χ0n) is 9.26. The van der Waals surface area contributed by atoms with Gasteiger partial charge in [0.05, 0.1) is 0 Å². The predicted octanol–water partition coefficient (Wildman–Crippen LogP) is 4.14. The Kier molecular flexibility index (Phi) is 2.26. The molecule has 0 atom stereocenters. The van der Waals surface area contributed by atoms with E-state index in [2.05, 4.69) is 23.7 Å². The third-order valence-electron chi connectivity index (χ3n) is 2.69. The first-order valence-electron chi connectivity index (χ1n) is 5.45. The van der Waals surface area contributed by atoms with E-state index in [9.17, 15) is 0 Å². The lowest BCUT2D eigenvalue weighted by Crippen LogP contribution is -1.77. The molecule has 1 aromatic heterocycles. The number of hydrogen-bond acceptors (Lipinski definition) is 2. The smallest absolute Gasteiger partial charge is 0.219 e. The molecule has 0 aliphatic heterocycles. The molecule has 0 aliphatic rings. The molecule has 2 aromatic carbocycles. The van der Waals surface area contributed by atoms with Gasteiger partial charge in [-0.05, 0) is 29.3 Å². The fourth-order valence-electron chi connectivity index (χ4n) is 1.84. The zero-order chi connectivity index (χ0) is 11.7. The lowest BCUT2D eigenvalue weighted by atomic mass is 10.1. The van der Waals surface area contributed by atoms with Crippen molar-refractivity contribution in [3.63, 3.8) is 0 Å². The molecule has 0 saturated carbocycles. The largest absolute Gasteiger partial charge is 0.437 e. The van der Waals surface area contributed by atoms with Gasteiger partial charge in [0.1, 0.15) is 5.52 Å². The number of benzene rings is 2. The van der Waals surface area contributed by atoms with Crippen molar-refractivity contribution in [2.45, 2.75) is 0 Å². The summed E-state index contributed by atoms with van der Waals surface area (Å²) in [6.45, 7) is 3.65. The lowest BCUT2D eigenvalue weighted by Gasteiger charge is -1.99. The van der Waals surface area contributed by atoms with Crippen LogP contribution in [0.5, 0.6) is 0 Å². The van der Waals surface area contributed by atoms with E-state index in [1.165, 1.54) is 5.56 Å². The first-order valence-corrected chi connectivity index (χ1v) is 5.45. The summed E-state index contributed by atoms with van der Waals surface area (Å²) in [7, 11) is 0. The van der Waals surface area contributed by atoms with E-state index in [1.54, 1.807) is 6.08 Å². The van der Waals surface area contributed by atoms with Crippen molar-refractivity contribution in [3.05, 3.63) is 61.0 Å². The average Bonchev–Trinajstić information content (AvgIpc) is 2.81. The molecule has 0 N–H and O–H groups in total. The highest BCUT2D eigenvalue weighted by Gasteiger charge is 2.04.